The molecule has 0 unspecified atom stereocenters. The summed E-state index contributed by atoms with van der Waals surface area (Å²) in [6.07, 6.45) is 19.0. The minimum Gasteiger partial charge on any atom is -0.300 e. The maximum absolute atomic E-state index is 12.2. The predicted octanol–water partition coefficient (Wildman–Crippen LogP) is 7.08. The molecule has 130 valence electrons. The molecular formula is C21H40O. The highest BCUT2D eigenvalue weighted by atomic mass is 16.1. The third kappa shape index (κ3) is 9.64. The van der Waals surface area contributed by atoms with Gasteiger partial charge in [-0.3, -0.25) is 4.79 Å². The smallest absolute Gasteiger partial charge is 0.133 e. The molecule has 0 amide bonds. The van der Waals surface area contributed by atoms with Crippen molar-refractivity contribution in [3.05, 3.63) is 0 Å². The fourth-order valence-electron chi connectivity index (χ4n) is 4.15. The van der Waals surface area contributed by atoms with Crippen LogP contribution < -0.4 is 0 Å². The van der Waals surface area contributed by atoms with Crippen LogP contribution in [0.1, 0.15) is 117 Å². The maximum Gasteiger partial charge on any atom is 0.133 e. The number of hydrogen-bond donors (Lipinski definition) is 0. The summed E-state index contributed by atoms with van der Waals surface area (Å²) in [5, 5.41) is 0. The van der Waals surface area contributed by atoms with Gasteiger partial charge in [-0.15, -0.1) is 0 Å². The van der Waals surface area contributed by atoms with Crippen molar-refractivity contribution in [1.29, 1.82) is 0 Å². The van der Waals surface area contributed by atoms with E-state index in [9.17, 15) is 4.79 Å². The van der Waals surface area contributed by atoms with E-state index in [-0.39, 0.29) is 5.41 Å². The second kappa shape index (κ2) is 11.2. The van der Waals surface area contributed by atoms with Gasteiger partial charge in [-0.25, -0.2) is 0 Å². The van der Waals surface area contributed by atoms with Crippen molar-refractivity contribution in [1.82, 2.24) is 0 Å². The molecule has 0 aliphatic heterocycles. The Hall–Kier alpha value is -0.330. The molecule has 1 aliphatic rings. The number of ketones is 1. The van der Waals surface area contributed by atoms with Crippen LogP contribution >= 0.6 is 0 Å². The molecular weight excluding hydrogens is 268 g/mol. The number of carbonyl (C=O) groups excluding carboxylic acids is 1. The van der Waals surface area contributed by atoms with Gasteiger partial charge in [-0.1, -0.05) is 91.4 Å². The van der Waals surface area contributed by atoms with Gasteiger partial charge in [-0.2, -0.15) is 0 Å². The first-order valence-electron chi connectivity index (χ1n) is 10.1. The lowest BCUT2D eigenvalue weighted by molar-refractivity contribution is -0.121. The molecule has 0 heterocycles. The molecule has 0 bridgehead atoms. The first-order valence-corrected chi connectivity index (χ1v) is 10.1. The lowest BCUT2D eigenvalue weighted by Gasteiger charge is -2.31. The summed E-state index contributed by atoms with van der Waals surface area (Å²) in [5.74, 6) is 1.39. The Morgan fingerprint density at radius 2 is 1.50 bits per heavy atom. The van der Waals surface area contributed by atoms with Crippen molar-refractivity contribution < 1.29 is 4.79 Å². The molecule has 1 aliphatic carbocycles. The Bertz CT molecular complexity index is 286. The second-order valence-corrected chi connectivity index (χ2v) is 8.46. The molecule has 0 spiro atoms. The van der Waals surface area contributed by atoms with Gasteiger partial charge >= 0.3 is 0 Å². The zero-order valence-corrected chi connectivity index (χ0v) is 15.6. The van der Waals surface area contributed by atoms with Crippen LogP contribution in [0.3, 0.4) is 0 Å². The van der Waals surface area contributed by atoms with Crippen LogP contribution in [0.25, 0.3) is 0 Å². The van der Waals surface area contributed by atoms with Gasteiger partial charge in [0.25, 0.3) is 0 Å². The van der Waals surface area contributed by atoms with Crippen molar-refractivity contribution in [2.24, 2.45) is 11.3 Å². The van der Waals surface area contributed by atoms with Crippen LogP contribution in [0.4, 0.5) is 0 Å². The molecule has 1 rings (SSSR count). The number of hydrogen-bond acceptors (Lipinski definition) is 1. The largest absolute Gasteiger partial charge is 0.300 e. The first-order chi connectivity index (χ1) is 10.5. The molecule has 1 heteroatoms. The SMILES string of the molecule is CCCCCCCCCC(=O)CC(C)(C)CC1CCCCC1. The Morgan fingerprint density at radius 3 is 2.14 bits per heavy atom. The minimum atomic E-state index is 0.222. The van der Waals surface area contributed by atoms with E-state index >= 15 is 0 Å². The third-order valence-electron chi connectivity index (χ3n) is 5.30. The molecule has 1 fully saturated rings. The Kier molecular flexibility index (Phi) is 10.1. The molecule has 0 atom stereocenters. The molecule has 0 aromatic carbocycles. The van der Waals surface area contributed by atoms with E-state index < -0.39 is 0 Å². The molecule has 1 nitrogen and oxygen atoms in total. The lowest BCUT2D eigenvalue weighted by atomic mass is 9.74. The second-order valence-electron chi connectivity index (χ2n) is 8.46. The highest BCUT2D eigenvalue weighted by molar-refractivity contribution is 5.78. The zero-order valence-electron chi connectivity index (χ0n) is 15.6. The van der Waals surface area contributed by atoms with Crippen LogP contribution in [0.2, 0.25) is 0 Å². The van der Waals surface area contributed by atoms with Gasteiger partial charge in [0.15, 0.2) is 0 Å². The Balaban J connectivity index is 2.09. The van der Waals surface area contributed by atoms with Crippen molar-refractivity contribution in [2.75, 3.05) is 0 Å². The topological polar surface area (TPSA) is 17.1 Å². The van der Waals surface area contributed by atoms with Crippen LogP contribution in [-0.2, 0) is 4.79 Å². The molecule has 0 aromatic heterocycles. The summed E-state index contributed by atoms with van der Waals surface area (Å²) in [6, 6.07) is 0. The fourth-order valence-corrected chi connectivity index (χ4v) is 4.15. The molecule has 0 radical (unpaired) electrons. The van der Waals surface area contributed by atoms with Gasteiger partial charge in [-0.05, 0) is 24.2 Å². The van der Waals surface area contributed by atoms with E-state index in [4.69, 9.17) is 0 Å². The lowest BCUT2D eigenvalue weighted by Crippen LogP contribution is -2.22. The van der Waals surface area contributed by atoms with Gasteiger partial charge < -0.3 is 0 Å². The monoisotopic (exact) mass is 308 g/mol. The van der Waals surface area contributed by atoms with Crippen LogP contribution in [-0.4, -0.2) is 5.78 Å². The third-order valence-corrected chi connectivity index (χ3v) is 5.30. The summed E-state index contributed by atoms with van der Waals surface area (Å²) in [7, 11) is 0. The average molecular weight is 309 g/mol. The van der Waals surface area contributed by atoms with Crippen molar-refractivity contribution >= 4 is 5.78 Å². The van der Waals surface area contributed by atoms with E-state index in [1.165, 1.54) is 77.0 Å². The standard InChI is InChI=1S/C21H40O/c1-4-5-6-7-8-9-13-16-20(22)18-21(2,3)17-19-14-11-10-12-15-19/h19H,4-18H2,1-3H3. The number of rotatable bonds is 12. The summed E-state index contributed by atoms with van der Waals surface area (Å²) in [5.41, 5.74) is 0.222. The normalized spacial score (nSPS) is 16.9. The maximum atomic E-state index is 12.2. The van der Waals surface area contributed by atoms with Gasteiger partial charge in [0.2, 0.25) is 0 Å². The van der Waals surface area contributed by atoms with Gasteiger partial charge in [0, 0.05) is 12.8 Å². The predicted molar refractivity (Wildman–Crippen MR) is 97.2 cm³/mol. The quantitative estimate of drug-likeness (QED) is 0.352. The van der Waals surface area contributed by atoms with E-state index in [1.807, 2.05) is 0 Å². The van der Waals surface area contributed by atoms with Crippen molar-refractivity contribution in [3.63, 3.8) is 0 Å². The van der Waals surface area contributed by atoms with Gasteiger partial charge in [0.05, 0.1) is 0 Å². The number of carbonyl (C=O) groups is 1. The molecule has 0 saturated heterocycles. The van der Waals surface area contributed by atoms with E-state index in [2.05, 4.69) is 20.8 Å². The van der Waals surface area contributed by atoms with E-state index in [0.717, 1.165) is 25.2 Å². The Morgan fingerprint density at radius 1 is 0.909 bits per heavy atom. The summed E-state index contributed by atoms with van der Waals surface area (Å²) >= 11 is 0. The van der Waals surface area contributed by atoms with E-state index in [0.29, 0.717) is 5.78 Å². The minimum absolute atomic E-state index is 0.222. The van der Waals surface area contributed by atoms with Crippen LogP contribution in [0.15, 0.2) is 0 Å². The molecule has 1 saturated carbocycles. The number of Topliss-reactive ketones (excluding diaryl/α,β-unsaturated/α-hetero) is 1. The van der Waals surface area contributed by atoms with E-state index in [1.54, 1.807) is 0 Å². The highest BCUT2D eigenvalue weighted by Crippen LogP contribution is 2.36. The highest BCUT2D eigenvalue weighted by Gasteiger charge is 2.26. The summed E-state index contributed by atoms with van der Waals surface area (Å²) in [4.78, 5) is 12.2. The van der Waals surface area contributed by atoms with Crippen LogP contribution in [0, 0.1) is 11.3 Å². The first kappa shape index (κ1) is 19.7. The zero-order chi connectivity index (χ0) is 16.3. The summed E-state index contributed by atoms with van der Waals surface area (Å²) < 4.78 is 0. The Labute approximate surface area is 139 Å². The fraction of sp³-hybridized carbons (Fsp3) is 0.952. The molecule has 0 N–H and O–H groups in total. The number of unbranched alkanes of at least 4 members (excludes halogenated alkanes) is 6. The summed E-state index contributed by atoms with van der Waals surface area (Å²) in [6.45, 7) is 6.88. The van der Waals surface area contributed by atoms with Crippen molar-refractivity contribution in [3.8, 4) is 0 Å². The average Bonchev–Trinajstić information content (AvgIpc) is 2.46. The molecule has 0 aromatic rings. The van der Waals surface area contributed by atoms with Gasteiger partial charge in [0.1, 0.15) is 5.78 Å². The van der Waals surface area contributed by atoms with Crippen molar-refractivity contribution in [2.45, 2.75) is 117 Å². The molecule has 22 heavy (non-hydrogen) atoms. The van der Waals surface area contributed by atoms with Crippen LogP contribution in [0.5, 0.6) is 0 Å².